The fraction of sp³-hybridized carbons (Fsp3) is 0.278. The van der Waals surface area contributed by atoms with Crippen molar-refractivity contribution in [2.45, 2.75) is 32.4 Å². The van der Waals surface area contributed by atoms with E-state index in [0.29, 0.717) is 5.69 Å². The molecule has 0 radical (unpaired) electrons. The highest BCUT2D eigenvalue weighted by atomic mass is 19.1. The molecule has 0 bridgehead atoms. The maximum atomic E-state index is 13.9. The Labute approximate surface area is 129 Å². The van der Waals surface area contributed by atoms with Crippen molar-refractivity contribution in [3.8, 4) is 0 Å². The molecule has 0 fully saturated rings. The van der Waals surface area contributed by atoms with Crippen molar-refractivity contribution in [3.63, 3.8) is 0 Å². The highest BCUT2D eigenvalue weighted by Gasteiger charge is 2.32. The molecule has 114 valence electrons. The van der Waals surface area contributed by atoms with Gasteiger partial charge in [-0.25, -0.2) is 4.39 Å². The van der Waals surface area contributed by atoms with Gasteiger partial charge in [0, 0.05) is 18.7 Å². The second-order valence-corrected chi connectivity index (χ2v) is 5.71. The summed E-state index contributed by atoms with van der Waals surface area (Å²) in [5, 5.41) is 3.28. The summed E-state index contributed by atoms with van der Waals surface area (Å²) in [6.45, 7) is 3.60. The van der Waals surface area contributed by atoms with Crippen molar-refractivity contribution in [1.82, 2.24) is 0 Å². The smallest absolute Gasteiger partial charge is 0.224 e. The maximum absolute atomic E-state index is 13.9. The third-order valence-corrected chi connectivity index (χ3v) is 4.13. The lowest BCUT2D eigenvalue weighted by Gasteiger charge is -2.39. The molecule has 3 rings (SSSR count). The number of amides is 1. The molecule has 2 aromatic rings. The van der Waals surface area contributed by atoms with Crippen LogP contribution in [-0.4, -0.2) is 11.9 Å². The van der Waals surface area contributed by atoms with E-state index in [9.17, 15) is 9.18 Å². The molecule has 2 atom stereocenters. The molecule has 3 nitrogen and oxygen atoms in total. The second kappa shape index (κ2) is 5.79. The van der Waals surface area contributed by atoms with Crippen LogP contribution in [0.4, 0.5) is 15.8 Å². The zero-order valence-electron chi connectivity index (χ0n) is 12.7. The zero-order chi connectivity index (χ0) is 15.7. The van der Waals surface area contributed by atoms with Crippen molar-refractivity contribution in [2.24, 2.45) is 0 Å². The van der Waals surface area contributed by atoms with Crippen molar-refractivity contribution < 1.29 is 9.18 Å². The Kier molecular flexibility index (Phi) is 3.84. The molecule has 0 aliphatic carbocycles. The Balaban J connectivity index is 1.98. The molecule has 0 spiro atoms. The standard InChI is InChI=1S/C18H19FN2O/c1-12-11-17(20-16-9-5-4-8-15(16)19)14-7-3-6-10-18(14)21(12)13(2)22/h3-10,12,17,20H,11H2,1-2H3/t12-,17+/m0/s1. The minimum atomic E-state index is -0.262. The van der Waals surface area contributed by atoms with Gasteiger partial charge in [-0.1, -0.05) is 30.3 Å². The molecule has 1 aliphatic rings. The van der Waals surface area contributed by atoms with E-state index in [0.717, 1.165) is 17.7 Å². The minimum absolute atomic E-state index is 0.0151. The van der Waals surface area contributed by atoms with Gasteiger partial charge in [0.05, 0.1) is 11.7 Å². The first-order valence-corrected chi connectivity index (χ1v) is 7.47. The van der Waals surface area contributed by atoms with Crippen molar-refractivity contribution in [1.29, 1.82) is 0 Å². The summed E-state index contributed by atoms with van der Waals surface area (Å²) in [4.78, 5) is 13.8. The second-order valence-electron chi connectivity index (χ2n) is 5.71. The van der Waals surface area contributed by atoms with Crippen LogP contribution >= 0.6 is 0 Å². The zero-order valence-corrected chi connectivity index (χ0v) is 12.7. The number of para-hydroxylation sites is 2. The van der Waals surface area contributed by atoms with Crippen LogP contribution in [0.25, 0.3) is 0 Å². The predicted molar refractivity (Wildman–Crippen MR) is 86.4 cm³/mol. The van der Waals surface area contributed by atoms with Gasteiger partial charge in [-0.2, -0.15) is 0 Å². The van der Waals surface area contributed by atoms with Gasteiger partial charge in [0.2, 0.25) is 5.91 Å². The minimum Gasteiger partial charge on any atom is -0.376 e. The van der Waals surface area contributed by atoms with E-state index in [2.05, 4.69) is 5.32 Å². The molecule has 1 N–H and O–H groups in total. The van der Waals surface area contributed by atoms with E-state index in [-0.39, 0.29) is 23.8 Å². The number of nitrogens with zero attached hydrogens (tertiary/aromatic N) is 1. The number of rotatable bonds is 2. The average Bonchev–Trinajstić information content (AvgIpc) is 2.49. The third-order valence-electron chi connectivity index (χ3n) is 4.13. The first kappa shape index (κ1) is 14.6. The van der Waals surface area contributed by atoms with Crippen molar-refractivity contribution >= 4 is 17.3 Å². The Morgan fingerprint density at radius 2 is 1.86 bits per heavy atom. The molecule has 1 heterocycles. The predicted octanol–water partition coefficient (Wildman–Crippen LogP) is 4.12. The van der Waals surface area contributed by atoms with E-state index in [1.165, 1.54) is 6.07 Å². The monoisotopic (exact) mass is 298 g/mol. The summed E-state index contributed by atoms with van der Waals surface area (Å²) >= 11 is 0. The Morgan fingerprint density at radius 1 is 1.18 bits per heavy atom. The molecule has 0 saturated heterocycles. The molecule has 4 heteroatoms. The summed E-state index contributed by atoms with van der Waals surface area (Å²) in [5.74, 6) is -0.231. The SMILES string of the molecule is CC(=O)N1c2ccccc2[C@H](Nc2ccccc2F)C[C@@H]1C. The van der Waals surface area contributed by atoms with E-state index < -0.39 is 0 Å². The fourth-order valence-corrected chi connectivity index (χ4v) is 3.20. The summed E-state index contributed by atoms with van der Waals surface area (Å²) in [6, 6.07) is 14.5. The number of halogens is 1. The Morgan fingerprint density at radius 3 is 2.59 bits per heavy atom. The van der Waals surface area contributed by atoms with Crippen molar-refractivity contribution in [3.05, 3.63) is 59.9 Å². The molecule has 0 saturated carbocycles. The van der Waals surface area contributed by atoms with E-state index in [4.69, 9.17) is 0 Å². The van der Waals surface area contributed by atoms with Gasteiger partial charge >= 0.3 is 0 Å². The number of carbonyl (C=O) groups excluding carboxylic acids is 1. The number of anilines is 2. The summed E-state index contributed by atoms with van der Waals surface area (Å²) < 4.78 is 13.9. The summed E-state index contributed by atoms with van der Waals surface area (Å²) in [6.07, 6.45) is 0.741. The number of fused-ring (bicyclic) bond motifs is 1. The van der Waals surface area contributed by atoms with Crippen LogP contribution in [0.3, 0.4) is 0 Å². The van der Waals surface area contributed by atoms with Gasteiger partial charge in [0.15, 0.2) is 0 Å². The molecule has 1 aliphatic heterocycles. The number of benzene rings is 2. The van der Waals surface area contributed by atoms with Gasteiger partial charge in [0.1, 0.15) is 5.82 Å². The molecule has 1 amide bonds. The van der Waals surface area contributed by atoms with Crippen LogP contribution in [0.15, 0.2) is 48.5 Å². The molecule has 0 unspecified atom stereocenters. The van der Waals surface area contributed by atoms with E-state index in [1.54, 1.807) is 19.1 Å². The lowest BCUT2D eigenvalue weighted by Crippen LogP contribution is -2.43. The van der Waals surface area contributed by atoms with Gasteiger partial charge in [-0.05, 0) is 37.1 Å². The summed E-state index contributed by atoms with van der Waals surface area (Å²) in [5.41, 5.74) is 2.42. The van der Waals surface area contributed by atoms with Crippen LogP contribution < -0.4 is 10.2 Å². The van der Waals surface area contributed by atoms with Crippen LogP contribution in [0, 0.1) is 5.82 Å². The number of carbonyl (C=O) groups is 1. The molecule has 0 aromatic heterocycles. The number of hydrogen-bond acceptors (Lipinski definition) is 2. The summed E-state index contributed by atoms with van der Waals surface area (Å²) in [7, 11) is 0. The largest absolute Gasteiger partial charge is 0.376 e. The first-order chi connectivity index (χ1) is 10.6. The lowest BCUT2D eigenvalue weighted by atomic mass is 9.91. The van der Waals surface area contributed by atoms with E-state index >= 15 is 0 Å². The van der Waals surface area contributed by atoms with Gasteiger partial charge in [-0.3, -0.25) is 4.79 Å². The van der Waals surface area contributed by atoms with E-state index in [1.807, 2.05) is 42.2 Å². The highest BCUT2D eigenvalue weighted by Crippen LogP contribution is 2.39. The molecular formula is C18H19FN2O. The van der Waals surface area contributed by atoms with Crippen LogP contribution in [0.1, 0.15) is 31.9 Å². The van der Waals surface area contributed by atoms with Crippen LogP contribution in [-0.2, 0) is 4.79 Å². The average molecular weight is 298 g/mol. The van der Waals surface area contributed by atoms with Gasteiger partial charge in [0.25, 0.3) is 0 Å². The highest BCUT2D eigenvalue weighted by molar-refractivity contribution is 5.93. The molecular weight excluding hydrogens is 279 g/mol. The van der Waals surface area contributed by atoms with Crippen molar-refractivity contribution in [2.75, 3.05) is 10.2 Å². The maximum Gasteiger partial charge on any atom is 0.224 e. The normalized spacial score (nSPS) is 20.4. The molecule has 22 heavy (non-hydrogen) atoms. The topological polar surface area (TPSA) is 32.3 Å². The quantitative estimate of drug-likeness (QED) is 0.904. The van der Waals surface area contributed by atoms with Gasteiger partial charge in [-0.15, -0.1) is 0 Å². The lowest BCUT2D eigenvalue weighted by molar-refractivity contribution is -0.117. The van der Waals surface area contributed by atoms with Crippen LogP contribution in [0.5, 0.6) is 0 Å². The van der Waals surface area contributed by atoms with Crippen LogP contribution in [0.2, 0.25) is 0 Å². The first-order valence-electron chi connectivity index (χ1n) is 7.47. The third kappa shape index (κ3) is 2.56. The number of nitrogens with one attached hydrogen (secondary N) is 1. The Hall–Kier alpha value is -2.36. The fourth-order valence-electron chi connectivity index (χ4n) is 3.20. The molecule has 2 aromatic carbocycles. The Bertz CT molecular complexity index is 701. The van der Waals surface area contributed by atoms with Gasteiger partial charge < -0.3 is 10.2 Å². The number of hydrogen-bond donors (Lipinski definition) is 1.